The van der Waals surface area contributed by atoms with E-state index in [1.54, 1.807) is 13.2 Å². The summed E-state index contributed by atoms with van der Waals surface area (Å²) in [5.74, 6) is 1.32. The molecule has 2 aromatic carbocycles. The quantitative estimate of drug-likeness (QED) is 0.477. The van der Waals surface area contributed by atoms with Gasteiger partial charge in [-0.15, -0.1) is 0 Å². The Morgan fingerprint density at radius 3 is 2.59 bits per heavy atom. The average molecular weight is 323 g/mol. The third-order valence-corrected chi connectivity index (χ3v) is 3.22. The number of anilines is 1. The number of ether oxygens (including phenoxy) is 2. The number of rotatable bonds is 7. The lowest BCUT2D eigenvalue weighted by molar-refractivity contribution is -0.384. The van der Waals surface area contributed by atoms with Gasteiger partial charge in [0.05, 0.1) is 22.7 Å². The highest BCUT2D eigenvalue weighted by atomic mass is 35.5. The number of hydrogen-bond acceptors (Lipinski definition) is 5. The minimum absolute atomic E-state index is 0.0409. The first-order valence-corrected chi connectivity index (χ1v) is 6.93. The molecule has 0 amide bonds. The topological polar surface area (TPSA) is 73.6 Å². The van der Waals surface area contributed by atoms with E-state index in [1.165, 1.54) is 12.1 Å². The molecule has 22 heavy (non-hydrogen) atoms. The maximum absolute atomic E-state index is 10.6. The number of methoxy groups -OCH3 is 1. The van der Waals surface area contributed by atoms with Crippen LogP contribution in [0, 0.1) is 10.1 Å². The average Bonchev–Trinajstić information content (AvgIpc) is 2.52. The first kappa shape index (κ1) is 15.9. The highest BCUT2D eigenvalue weighted by molar-refractivity contribution is 6.33. The van der Waals surface area contributed by atoms with Gasteiger partial charge in [0.2, 0.25) is 0 Å². The molecule has 0 saturated carbocycles. The maximum Gasteiger partial charge on any atom is 0.271 e. The zero-order valence-electron chi connectivity index (χ0n) is 11.9. The Kier molecular flexibility index (Phi) is 5.43. The molecule has 0 atom stereocenters. The Bertz CT molecular complexity index is 664. The van der Waals surface area contributed by atoms with Gasteiger partial charge in [0.25, 0.3) is 5.69 Å². The van der Waals surface area contributed by atoms with Crippen molar-refractivity contribution in [3.05, 3.63) is 57.6 Å². The number of nitrogens with zero attached hydrogens (tertiary/aromatic N) is 1. The first-order valence-electron chi connectivity index (χ1n) is 6.55. The van der Waals surface area contributed by atoms with Gasteiger partial charge in [0, 0.05) is 18.7 Å². The minimum atomic E-state index is -0.486. The molecule has 0 aliphatic rings. The Morgan fingerprint density at radius 1 is 1.23 bits per heavy atom. The Morgan fingerprint density at radius 2 is 1.95 bits per heavy atom. The molecule has 0 bridgehead atoms. The number of benzene rings is 2. The van der Waals surface area contributed by atoms with Crippen LogP contribution >= 0.6 is 11.6 Å². The molecular weight excluding hydrogens is 308 g/mol. The second kappa shape index (κ2) is 7.51. The molecule has 0 unspecified atom stereocenters. The number of nitrogens with one attached hydrogen (secondary N) is 1. The fourth-order valence-electron chi connectivity index (χ4n) is 1.85. The van der Waals surface area contributed by atoms with Crippen molar-refractivity contribution in [1.82, 2.24) is 0 Å². The summed E-state index contributed by atoms with van der Waals surface area (Å²) in [4.78, 5) is 10.2. The SMILES string of the molecule is COc1ccccc1OCCNc1ccc([N+](=O)[O-])cc1Cl. The summed E-state index contributed by atoms with van der Waals surface area (Å²) in [6, 6.07) is 11.6. The van der Waals surface area contributed by atoms with E-state index < -0.39 is 4.92 Å². The van der Waals surface area contributed by atoms with Crippen molar-refractivity contribution in [2.75, 3.05) is 25.6 Å². The second-order valence-electron chi connectivity index (χ2n) is 4.35. The van der Waals surface area contributed by atoms with Crippen LogP contribution in [0.1, 0.15) is 0 Å². The monoisotopic (exact) mass is 322 g/mol. The maximum atomic E-state index is 10.6. The Labute approximate surface area is 132 Å². The number of halogens is 1. The van der Waals surface area contributed by atoms with Gasteiger partial charge in [-0.3, -0.25) is 10.1 Å². The molecular formula is C15H15ClN2O4. The number of nitro groups is 1. The standard InChI is InChI=1S/C15H15ClN2O4/c1-21-14-4-2-3-5-15(14)22-9-8-17-13-7-6-11(18(19)20)10-12(13)16/h2-7,10,17H,8-9H2,1H3. The Hall–Kier alpha value is -2.47. The van der Waals surface area contributed by atoms with Gasteiger partial charge >= 0.3 is 0 Å². The minimum Gasteiger partial charge on any atom is -0.493 e. The van der Waals surface area contributed by atoms with Gasteiger partial charge in [-0.1, -0.05) is 23.7 Å². The lowest BCUT2D eigenvalue weighted by Crippen LogP contribution is -2.12. The highest BCUT2D eigenvalue weighted by Gasteiger charge is 2.09. The largest absolute Gasteiger partial charge is 0.493 e. The molecule has 116 valence electrons. The van der Waals surface area contributed by atoms with Gasteiger partial charge in [0.15, 0.2) is 11.5 Å². The summed E-state index contributed by atoms with van der Waals surface area (Å²) in [6.07, 6.45) is 0. The van der Waals surface area contributed by atoms with E-state index in [0.717, 1.165) is 0 Å². The number of para-hydroxylation sites is 2. The summed E-state index contributed by atoms with van der Waals surface area (Å²) in [7, 11) is 1.58. The van der Waals surface area contributed by atoms with Crippen LogP contribution in [0.5, 0.6) is 11.5 Å². The van der Waals surface area contributed by atoms with Crippen LogP contribution in [0.3, 0.4) is 0 Å². The molecule has 0 heterocycles. The van der Waals surface area contributed by atoms with Crippen molar-refractivity contribution in [2.45, 2.75) is 0 Å². The van der Waals surface area contributed by atoms with Crippen molar-refractivity contribution < 1.29 is 14.4 Å². The third kappa shape index (κ3) is 4.02. The van der Waals surface area contributed by atoms with E-state index in [2.05, 4.69) is 5.32 Å². The number of non-ortho nitro benzene ring substituents is 1. The smallest absolute Gasteiger partial charge is 0.271 e. The van der Waals surface area contributed by atoms with Crippen LogP contribution in [-0.2, 0) is 0 Å². The van der Waals surface area contributed by atoms with Crippen LogP contribution in [0.15, 0.2) is 42.5 Å². The van der Waals surface area contributed by atoms with E-state index in [9.17, 15) is 10.1 Å². The summed E-state index contributed by atoms with van der Waals surface area (Å²) in [5.41, 5.74) is 0.580. The molecule has 1 N–H and O–H groups in total. The molecule has 2 rings (SSSR count). The fourth-order valence-corrected chi connectivity index (χ4v) is 2.09. The summed E-state index contributed by atoms with van der Waals surface area (Å²) >= 11 is 5.99. The van der Waals surface area contributed by atoms with Gasteiger partial charge in [-0.2, -0.15) is 0 Å². The van der Waals surface area contributed by atoms with E-state index >= 15 is 0 Å². The van der Waals surface area contributed by atoms with Crippen LogP contribution in [0.25, 0.3) is 0 Å². The zero-order chi connectivity index (χ0) is 15.9. The third-order valence-electron chi connectivity index (χ3n) is 2.91. The molecule has 0 aliphatic heterocycles. The van der Waals surface area contributed by atoms with E-state index in [4.69, 9.17) is 21.1 Å². The van der Waals surface area contributed by atoms with Crippen molar-refractivity contribution >= 4 is 23.0 Å². The molecule has 0 fully saturated rings. The molecule has 6 nitrogen and oxygen atoms in total. The lowest BCUT2D eigenvalue weighted by Gasteiger charge is -2.12. The van der Waals surface area contributed by atoms with Gasteiger partial charge < -0.3 is 14.8 Å². The molecule has 0 aromatic heterocycles. The van der Waals surface area contributed by atoms with E-state index in [0.29, 0.717) is 35.4 Å². The van der Waals surface area contributed by atoms with Crippen LogP contribution < -0.4 is 14.8 Å². The first-order chi connectivity index (χ1) is 10.6. The zero-order valence-corrected chi connectivity index (χ0v) is 12.7. The summed E-state index contributed by atoms with van der Waals surface area (Å²) in [5, 5.41) is 14.0. The van der Waals surface area contributed by atoms with Gasteiger partial charge in [0.1, 0.15) is 6.61 Å². The van der Waals surface area contributed by atoms with E-state index in [1.807, 2.05) is 24.3 Å². The molecule has 0 spiro atoms. The number of hydrogen-bond donors (Lipinski definition) is 1. The molecule has 7 heteroatoms. The van der Waals surface area contributed by atoms with Gasteiger partial charge in [-0.05, 0) is 18.2 Å². The van der Waals surface area contributed by atoms with Gasteiger partial charge in [-0.25, -0.2) is 0 Å². The van der Waals surface area contributed by atoms with Crippen LogP contribution in [-0.4, -0.2) is 25.2 Å². The Balaban J connectivity index is 1.88. The highest BCUT2D eigenvalue weighted by Crippen LogP contribution is 2.27. The van der Waals surface area contributed by atoms with Crippen molar-refractivity contribution in [3.8, 4) is 11.5 Å². The van der Waals surface area contributed by atoms with Crippen molar-refractivity contribution in [1.29, 1.82) is 0 Å². The second-order valence-corrected chi connectivity index (χ2v) is 4.75. The predicted octanol–water partition coefficient (Wildman–Crippen LogP) is 3.75. The predicted molar refractivity (Wildman–Crippen MR) is 85.1 cm³/mol. The molecule has 2 aromatic rings. The normalized spacial score (nSPS) is 10.1. The molecule has 0 radical (unpaired) electrons. The molecule has 0 aliphatic carbocycles. The molecule has 0 saturated heterocycles. The van der Waals surface area contributed by atoms with Crippen molar-refractivity contribution in [2.24, 2.45) is 0 Å². The summed E-state index contributed by atoms with van der Waals surface area (Å²) in [6.45, 7) is 0.892. The van der Waals surface area contributed by atoms with Crippen LogP contribution in [0.4, 0.5) is 11.4 Å². The van der Waals surface area contributed by atoms with E-state index in [-0.39, 0.29) is 5.69 Å². The van der Waals surface area contributed by atoms with Crippen LogP contribution in [0.2, 0.25) is 5.02 Å². The summed E-state index contributed by atoms with van der Waals surface area (Å²) < 4.78 is 10.8. The fraction of sp³-hybridized carbons (Fsp3) is 0.200. The lowest BCUT2D eigenvalue weighted by atomic mass is 10.3. The number of nitro benzene ring substituents is 1. The van der Waals surface area contributed by atoms with Crippen molar-refractivity contribution in [3.63, 3.8) is 0 Å².